The summed E-state index contributed by atoms with van der Waals surface area (Å²) in [5.74, 6) is -1.20. The Hall–Kier alpha value is -2.27. The highest BCUT2D eigenvalue weighted by molar-refractivity contribution is 6.33. The number of carbonyl (C=O) groups is 1. The summed E-state index contributed by atoms with van der Waals surface area (Å²) in [6, 6.07) is 8.93. The number of nitrogens with zero attached hydrogens (tertiary/aromatic N) is 1. The summed E-state index contributed by atoms with van der Waals surface area (Å²) >= 11 is 6.12. The minimum atomic E-state index is -0.627. The molecule has 0 aliphatic carbocycles. The van der Waals surface area contributed by atoms with Crippen molar-refractivity contribution in [2.45, 2.75) is 0 Å². The van der Waals surface area contributed by atoms with Gasteiger partial charge in [-0.2, -0.15) is 0 Å². The zero-order chi connectivity index (χ0) is 15.6. The normalized spacial score (nSPS) is 10.3. The number of amides is 1. The summed E-state index contributed by atoms with van der Waals surface area (Å²) in [5, 5.41) is 3.09. The van der Waals surface area contributed by atoms with Crippen molar-refractivity contribution in [2.24, 2.45) is 0 Å². The Morgan fingerprint density at radius 3 is 2.57 bits per heavy atom. The predicted molar refractivity (Wildman–Crippen MR) is 84.5 cm³/mol. The van der Waals surface area contributed by atoms with Gasteiger partial charge in [-0.15, -0.1) is 0 Å². The fraction of sp³-hybridized carbons (Fsp3) is 0.133. The maximum Gasteiger partial charge on any atom is 0.258 e. The van der Waals surface area contributed by atoms with Crippen LogP contribution >= 0.6 is 11.6 Å². The van der Waals surface area contributed by atoms with Gasteiger partial charge in [0, 0.05) is 25.5 Å². The van der Waals surface area contributed by atoms with Crippen molar-refractivity contribution < 1.29 is 9.18 Å². The summed E-state index contributed by atoms with van der Waals surface area (Å²) in [7, 11) is 3.73. The van der Waals surface area contributed by atoms with Crippen LogP contribution < -0.4 is 16.0 Å². The molecule has 0 aliphatic heterocycles. The van der Waals surface area contributed by atoms with Gasteiger partial charge in [0.15, 0.2) is 0 Å². The maximum absolute atomic E-state index is 13.6. The summed E-state index contributed by atoms with van der Waals surface area (Å²) in [5.41, 5.74) is 7.08. The van der Waals surface area contributed by atoms with Crippen molar-refractivity contribution in [1.29, 1.82) is 0 Å². The summed E-state index contributed by atoms with van der Waals surface area (Å²) in [6.07, 6.45) is 0. The van der Waals surface area contributed by atoms with E-state index in [1.807, 2.05) is 19.0 Å². The maximum atomic E-state index is 13.6. The van der Waals surface area contributed by atoms with Crippen molar-refractivity contribution >= 4 is 34.6 Å². The number of anilines is 3. The Morgan fingerprint density at radius 1 is 1.24 bits per heavy atom. The third-order valence-corrected chi connectivity index (χ3v) is 3.23. The van der Waals surface area contributed by atoms with Crippen LogP contribution in [-0.4, -0.2) is 20.0 Å². The largest absolute Gasteiger partial charge is 0.399 e. The van der Waals surface area contributed by atoms with Crippen molar-refractivity contribution in [3.05, 3.63) is 52.8 Å². The van der Waals surface area contributed by atoms with Gasteiger partial charge in [0.25, 0.3) is 5.91 Å². The molecule has 0 radical (unpaired) electrons. The fourth-order valence-electron chi connectivity index (χ4n) is 1.86. The Kier molecular flexibility index (Phi) is 4.33. The lowest BCUT2D eigenvalue weighted by atomic mass is 10.1. The number of rotatable bonds is 3. The Morgan fingerprint density at radius 2 is 1.95 bits per heavy atom. The molecular weight excluding hydrogens is 293 g/mol. The molecule has 0 bridgehead atoms. The molecule has 3 N–H and O–H groups in total. The average Bonchev–Trinajstić information content (AvgIpc) is 2.41. The zero-order valence-corrected chi connectivity index (χ0v) is 12.4. The lowest BCUT2D eigenvalue weighted by Gasteiger charge is -2.15. The number of nitrogens with one attached hydrogen (secondary N) is 1. The number of carbonyl (C=O) groups excluding carboxylic acids is 1. The molecule has 21 heavy (non-hydrogen) atoms. The van der Waals surface area contributed by atoms with Gasteiger partial charge in [-0.25, -0.2) is 4.39 Å². The van der Waals surface area contributed by atoms with Crippen molar-refractivity contribution in [3.63, 3.8) is 0 Å². The molecule has 2 rings (SSSR count). The molecule has 0 saturated carbocycles. The topological polar surface area (TPSA) is 58.4 Å². The van der Waals surface area contributed by atoms with E-state index in [0.717, 1.165) is 11.8 Å². The molecule has 0 aliphatic rings. The van der Waals surface area contributed by atoms with Gasteiger partial charge < -0.3 is 16.0 Å². The lowest BCUT2D eigenvalue weighted by Crippen LogP contribution is -2.15. The molecule has 0 aromatic heterocycles. The van der Waals surface area contributed by atoms with E-state index in [2.05, 4.69) is 5.32 Å². The SMILES string of the molecule is CN(C)c1ccc(NC(=O)c2cc(N)ccc2F)cc1Cl. The highest BCUT2D eigenvalue weighted by Gasteiger charge is 2.13. The molecule has 0 fully saturated rings. The highest BCUT2D eigenvalue weighted by Crippen LogP contribution is 2.27. The number of benzene rings is 2. The fourth-order valence-corrected chi connectivity index (χ4v) is 2.21. The third-order valence-electron chi connectivity index (χ3n) is 2.92. The first-order valence-electron chi connectivity index (χ1n) is 6.21. The van der Waals surface area contributed by atoms with E-state index in [1.54, 1.807) is 18.2 Å². The molecule has 0 unspecified atom stereocenters. The number of hydrogen-bond acceptors (Lipinski definition) is 3. The molecule has 0 saturated heterocycles. The first-order chi connectivity index (χ1) is 9.88. The first-order valence-corrected chi connectivity index (χ1v) is 6.59. The molecule has 110 valence electrons. The van der Waals surface area contributed by atoms with Crippen molar-refractivity contribution in [1.82, 2.24) is 0 Å². The molecule has 2 aromatic carbocycles. The molecule has 2 aromatic rings. The third kappa shape index (κ3) is 3.44. The van der Waals surface area contributed by atoms with E-state index < -0.39 is 11.7 Å². The molecule has 0 spiro atoms. The van der Waals surface area contributed by atoms with Crippen LogP contribution in [0.4, 0.5) is 21.5 Å². The van der Waals surface area contributed by atoms with Crippen LogP contribution in [0, 0.1) is 5.82 Å². The second kappa shape index (κ2) is 6.01. The summed E-state index contributed by atoms with van der Waals surface area (Å²) in [6.45, 7) is 0. The molecule has 4 nitrogen and oxygen atoms in total. The van der Waals surface area contributed by atoms with Crippen molar-refractivity contribution in [3.8, 4) is 0 Å². The monoisotopic (exact) mass is 307 g/mol. The van der Waals surface area contributed by atoms with Gasteiger partial charge in [0.2, 0.25) is 0 Å². The van der Waals surface area contributed by atoms with Crippen molar-refractivity contribution in [2.75, 3.05) is 30.0 Å². The molecule has 1 amide bonds. The Bertz CT molecular complexity index is 689. The molecular formula is C15H15ClFN3O. The lowest BCUT2D eigenvalue weighted by molar-refractivity contribution is 0.102. The van der Waals surface area contributed by atoms with Crippen LogP contribution in [0.3, 0.4) is 0 Å². The second-order valence-corrected chi connectivity index (χ2v) is 5.16. The van der Waals surface area contributed by atoms with Gasteiger partial charge in [0.05, 0.1) is 16.3 Å². The van der Waals surface area contributed by atoms with E-state index in [1.165, 1.54) is 12.1 Å². The van der Waals surface area contributed by atoms with Crippen LogP contribution in [0.2, 0.25) is 5.02 Å². The smallest absolute Gasteiger partial charge is 0.258 e. The second-order valence-electron chi connectivity index (χ2n) is 4.75. The van der Waals surface area contributed by atoms with E-state index in [0.29, 0.717) is 16.4 Å². The highest BCUT2D eigenvalue weighted by atomic mass is 35.5. The number of halogens is 2. The Labute approximate surface area is 127 Å². The van der Waals surface area contributed by atoms with Gasteiger partial charge in [0.1, 0.15) is 5.82 Å². The predicted octanol–water partition coefficient (Wildman–Crippen LogP) is 3.38. The average molecular weight is 308 g/mol. The molecule has 0 heterocycles. The molecule has 0 atom stereocenters. The standard InChI is InChI=1S/C15H15ClFN3O/c1-20(2)14-6-4-10(8-12(14)16)19-15(21)11-7-9(18)3-5-13(11)17/h3-8H,18H2,1-2H3,(H,19,21). The Balaban J connectivity index is 2.24. The van der Waals surface area contributed by atoms with Gasteiger partial charge >= 0.3 is 0 Å². The zero-order valence-electron chi connectivity index (χ0n) is 11.7. The quantitative estimate of drug-likeness (QED) is 0.855. The minimum Gasteiger partial charge on any atom is -0.399 e. The van der Waals surface area contributed by atoms with Crippen LogP contribution in [0.5, 0.6) is 0 Å². The van der Waals surface area contributed by atoms with Crippen LogP contribution in [0.15, 0.2) is 36.4 Å². The van der Waals surface area contributed by atoms with Crippen LogP contribution in [0.25, 0.3) is 0 Å². The number of hydrogen-bond donors (Lipinski definition) is 2. The number of nitrogen functional groups attached to an aromatic ring is 1. The summed E-state index contributed by atoms with van der Waals surface area (Å²) in [4.78, 5) is 13.9. The van der Waals surface area contributed by atoms with E-state index in [-0.39, 0.29) is 5.56 Å². The van der Waals surface area contributed by atoms with Gasteiger partial charge in [-0.3, -0.25) is 4.79 Å². The first kappa shape index (κ1) is 15.1. The van der Waals surface area contributed by atoms with E-state index in [4.69, 9.17) is 17.3 Å². The van der Waals surface area contributed by atoms with Gasteiger partial charge in [-0.05, 0) is 36.4 Å². The van der Waals surface area contributed by atoms with Crippen LogP contribution in [0.1, 0.15) is 10.4 Å². The minimum absolute atomic E-state index is 0.109. The number of nitrogens with two attached hydrogens (primary N) is 1. The summed E-state index contributed by atoms with van der Waals surface area (Å²) < 4.78 is 13.6. The van der Waals surface area contributed by atoms with E-state index in [9.17, 15) is 9.18 Å². The van der Waals surface area contributed by atoms with E-state index >= 15 is 0 Å². The molecule has 6 heteroatoms. The van der Waals surface area contributed by atoms with Crippen LogP contribution in [-0.2, 0) is 0 Å². The van der Waals surface area contributed by atoms with Gasteiger partial charge in [-0.1, -0.05) is 11.6 Å².